The molecule has 0 aliphatic rings. The van der Waals surface area contributed by atoms with Crippen LogP contribution in [-0.2, 0) is 23.8 Å². The molecule has 0 aliphatic carbocycles. The molecule has 0 aromatic rings. The average Bonchev–Trinajstić information content (AvgIpc) is 1.95. The summed E-state index contributed by atoms with van der Waals surface area (Å²) >= 11 is 1.86. The van der Waals surface area contributed by atoms with Crippen molar-refractivity contribution < 1.29 is 23.8 Å². The molecule has 0 radical (unpaired) electrons. The molecular weight excluding hydrogens is 164 g/mol. The molecule has 9 heavy (non-hydrogen) atoms. The van der Waals surface area contributed by atoms with Crippen LogP contribution in [0.1, 0.15) is 20.8 Å². The summed E-state index contributed by atoms with van der Waals surface area (Å²) in [4.78, 5) is 0. The van der Waals surface area contributed by atoms with Gasteiger partial charge in [0.25, 0.3) is 0 Å². The van der Waals surface area contributed by atoms with E-state index in [0.717, 1.165) is 0 Å². The Hall–Kier alpha value is 0.891. The average molecular weight is 179 g/mol. The molecule has 0 N–H and O–H groups in total. The first-order chi connectivity index (χ1) is 4.24. The van der Waals surface area contributed by atoms with Crippen molar-refractivity contribution in [2.24, 2.45) is 0 Å². The van der Waals surface area contributed by atoms with E-state index in [1.165, 1.54) is 18.1 Å². The molecule has 1 nitrogen and oxygen atoms in total. The van der Waals surface area contributed by atoms with Crippen LogP contribution in [0.3, 0.4) is 0 Å². The van der Waals surface area contributed by atoms with Crippen LogP contribution in [0.4, 0.5) is 0 Å². The Kier molecular flexibility index (Phi) is 5.13. The van der Waals surface area contributed by atoms with Gasteiger partial charge in [0.1, 0.15) is 0 Å². The second-order valence-corrected chi connectivity index (χ2v) is 7.99. The normalized spacial score (nSPS) is 11.8. The molecule has 0 atom stereocenters. The van der Waals surface area contributed by atoms with Gasteiger partial charge in [0.15, 0.2) is 0 Å². The second-order valence-electron chi connectivity index (χ2n) is 2.35. The quantitative estimate of drug-likeness (QED) is 0.602. The van der Waals surface area contributed by atoms with E-state index in [9.17, 15) is 0 Å². The molecule has 0 aromatic heterocycles. The maximum atomic E-state index is 5.52. The molecule has 0 bridgehead atoms. The Labute approximate surface area is 71.2 Å². The third-order valence-electron chi connectivity index (χ3n) is 2.15. The summed E-state index contributed by atoms with van der Waals surface area (Å²) in [5, 5.41) is 0. The van der Waals surface area contributed by atoms with E-state index in [1.807, 2.05) is 20.8 Å². The van der Waals surface area contributed by atoms with Gasteiger partial charge in [-0.15, -0.1) is 0 Å². The first-order valence-electron chi connectivity index (χ1n) is 3.59. The topological polar surface area (TPSA) is 9.23 Å². The van der Waals surface area contributed by atoms with E-state index >= 15 is 0 Å². The van der Waals surface area contributed by atoms with Crippen LogP contribution < -0.4 is 0 Å². The van der Waals surface area contributed by atoms with Crippen molar-refractivity contribution in [1.29, 1.82) is 0 Å². The summed E-state index contributed by atoms with van der Waals surface area (Å²) < 4.78 is 5.52. The minimum absolute atomic E-state index is 1.19. The summed E-state index contributed by atoms with van der Waals surface area (Å²) in [7, 11) is -1.19. The Balaban J connectivity index is 3.82. The fraction of sp³-hybridized carbons (Fsp3) is 1.00. The first kappa shape index (κ1) is 9.89. The van der Waals surface area contributed by atoms with Gasteiger partial charge in [-0.1, -0.05) is 0 Å². The van der Waals surface area contributed by atoms with Crippen LogP contribution in [-0.4, -0.2) is 8.32 Å². The fourth-order valence-corrected chi connectivity index (χ4v) is 4.93. The minimum atomic E-state index is -1.19. The van der Waals surface area contributed by atoms with Crippen LogP contribution in [0.15, 0.2) is 0 Å². The Morgan fingerprint density at radius 3 is 1.44 bits per heavy atom. The zero-order valence-corrected chi connectivity index (χ0v) is 9.09. The fourth-order valence-electron chi connectivity index (χ4n) is 0.967. The molecule has 0 saturated heterocycles. The zero-order chi connectivity index (χ0) is 7.33. The van der Waals surface area contributed by atoms with Crippen molar-refractivity contribution in [3.05, 3.63) is 0 Å². The van der Waals surface area contributed by atoms with Crippen molar-refractivity contribution in [3.63, 3.8) is 0 Å². The van der Waals surface area contributed by atoms with Gasteiger partial charge in [0.2, 0.25) is 0 Å². The molecule has 0 amide bonds. The zero-order valence-electron chi connectivity index (χ0n) is 6.53. The summed E-state index contributed by atoms with van der Waals surface area (Å²) in [6.07, 6.45) is 0. The van der Waals surface area contributed by atoms with Crippen LogP contribution in [0.5, 0.6) is 0 Å². The molecule has 0 rings (SSSR count). The van der Waals surface area contributed by atoms with Crippen LogP contribution in [0.25, 0.3) is 0 Å². The van der Waals surface area contributed by atoms with Gasteiger partial charge in [-0.3, -0.25) is 0 Å². The van der Waals surface area contributed by atoms with Crippen LogP contribution in [0.2, 0.25) is 18.1 Å². The Morgan fingerprint density at radius 2 is 1.44 bits per heavy atom. The van der Waals surface area contributed by atoms with E-state index < -0.39 is 8.32 Å². The molecule has 0 aliphatic heterocycles. The SMILES string of the molecule is CC[Si](CC)(CC)[O][Ti]. The molecule has 0 saturated carbocycles. The molecule has 53 valence electrons. The summed E-state index contributed by atoms with van der Waals surface area (Å²) in [6, 6.07) is 3.78. The Bertz CT molecular complexity index is 55.9. The predicted octanol–water partition coefficient (Wildman–Crippen LogP) is 2.47. The predicted molar refractivity (Wildman–Crippen MR) is 38.3 cm³/mol. The van der Waals surface area contributed by atoms with Crippen molar-refractivity contribution in [3.8, 4) is 0 Å². The van der Waals surface area contributed by atoms with E-state index in [2.05, 4.69) is 20.8 Å². The molecule has 0 unspecified atom stereocenters. The molecule has 0 spiro atoms. The van der Waals surface area contributed by atoms with Crippen molar-refractivity contribution in [1.82, 2.24) is 0 Å². The maximum absolute atomic E-state index is 5.52. The molecule has 0 heterocycles. The van der Waals surface area contributed by atoms with Crippen molar-refractivity contribution in [2.75, 3.05) is 0 Å². The number of rotatable bonds is 4. The summed E-state index contributed by atoms with van der Waals surface area (Å²) in [6.45, 7) is 6.72. The van der Waals surface area contributed by atoms with Gasteiger partial charge in [0, 0.05) is 0 Å². The summed E-state index contributed by atoms with van der Waals surface area (Å²) in [5.41, 5.74) is 0. The van der Waals surface area contributed by atoms with Gasteiger partial charge in [-0.25, -0.2) is 0 Å². The van der Waals surface area contributed by atoms with Gasteiger partial charge < -0.3 is 0 Å². The van der Waals surface area contributed by atoms with Gasteiger partial charge >= 0.3 is 71.1 Å². The van der Waals surface area contributed by atoms with Crippen molar-refractivity contribution in [2.45, 2.75) is 38.9 Å². The van der Waals surface area contributed by atoms with Crippen LogP contribution in [0, 0.1) is 0 Å². The molecule has 0 fully saturated rings. The third kappa shape index (κ3) is 2.54. The van der Waals surface area contributed by atoms with Crippen molar-refractivity contribution >= 4 is 8.32 Å². The first-order valence-corrected chi connectivity index (χ1v) is 6.76. The van der Waals surface area contributed by atoms with E-state index in [4.69, 9.17) is 3.01 Å². The number of hydrogen-bond donors (Lipinski definition) is 0. The number of hydrogen-bond acceptors (Lipinski definition) is 1. The van der Waals surface area contributed by atoms with Gasteiger partial charge in [0.05, 0.1) is 0 Å². The molecule has 0 aromatic carbocycles. The van der Waals surface area contributed by atoms with E-state index in [0.29, 0.717) is 0 Å². The van der Waals surface area contributed by atoms with E-state index in [1.54, 1.807) is 0 Å². The van der Waals surface area contributed by atoms with Crippen LogP contribution >= 0.6 is 0 Å². The van der Waals surface area contributed by atoms with Gasteiger partial charge in [-0.2, -0.15) is 0 Å². The summed E-state index contributed by atoms with van der Waals surface area (Å²) in [5.74, 6) is 0. The monoisotopic (exact) mass is 179 g/mol. The standard InChI is InChI=1S/C6H15OSi.Ti/c1-4-8(7,5-2)6-3;/h4-6H2,1-3H3;/q-1;+1. The van der Waals surface area contributed by atoms with E-state index in [-0.39, 0.29) is 0 Å². The Morgan fingerprint density at radius 1 is 1.11 bits per heavy atom. The molecule has 3 heteroatoms. The third-order valence-corrected chi connectivity index (χ3v) is 8.48. The molecular formula is C6H15OSiTi. The second kappa shape index (κ2) is 4.67. The van der Waals surface area contributed by atoms with Gasteiger partial charge in [-0.05, 0) is 0 Å².